The number of ether oxygens (including phenoxy) is 1. The van der Waals surface area contributed by atoms with E-state index in [4.69, 9.17) is 4.74 Å². The number of allylic oxidation sites excluding steroid dienone is 1. The summed E-state index contributed by atoms with van der Waals surface area (Å²) in [6.07, 6.45) is 0.913. The van der Waals surface area contributed by atoms with Crippen LogP contribution in [-0.4, -0.2) is 22.6 Å². The minimum absolute atomic E-state index is 0.520. The maximum Gasteiger partial charge on any atom is 0.261 e. The molecule has 0 spiro atoms. The molecule has 1 aromatic rings. The summed E-state index contributed by atoms with van der Waals surface area (Å²) in [6.45, 7) is 5.99. The molecule has 1 radical (unpaired) electrons. The molecule has 85 valence electrons. The second kappa shape index (κ2) is 4.00. The number of hydrogen-bond donors (Lipinski definition) is 0. The Morgan fingerprint density at radius 3 is 2.69 bits per heavy atom. The van der Waals surface area contributed by atoms with E-state index in [0.29, 0.717) is 5.88 Å². The quantitative estimate of drug-likeness (QED) is 0.774. The second-order valence-corrected chi connectivity index (χ2v) is 3.69. The normalized spacial score (nSPS) is 15.1. The molecule has 1 aliphatic rings. The standard InChI is InChI=1S/C11H15N4O/c1-5-9-6-7(2)15(14-9)10-8(3)12-13-11(10)16-4/h6H,5H2,1-4H3. The molecule has 1 aliphatic heterocycles. The molecular weight excluding hydrogens is 204 g/mol. The zero-order valence-electron chi connectivity index (χ0n) is 9.98. The molecule has 0 N–H and O–H groups in total. The fourth-order valence-electron chi connectivity index (χ4n) is 1.69. The maximum absolute atomic E-state index is 5.18. The van der Waals surface area contributed by atoms with Crippen molar-refractivity contribution >= 4 is 11.4 Å². The lowest BCUT2D eigenvalue weighted by atomic mass is 10.3. The molecule has 0 fully saturated rings. The maximum atomic E-state index is 5.18. The number of aryl methyl sites for hydroxylation is 2. The van der Waals surface area contributed by atoms with Crippen LogP contribution in [0.2, 0.25) is 0 Å². The van der Waals surface area contributed by atoms with E-state index in [1.807, 2.05) is 18.5 Å². The molecule has 5 nitrogen and oxygen atoms in total. The van der Waals surface area contributed by atoms with Gasteiger partial charge in [0, 0.05) is 5.69 Å². The van der Waals surface area contributed by atoms with Crippen molar-refractivity contribution in [2.24, 2.45) is 5.10 Å². The molecule has 0 aromatic carbocycles. The largest absolute Gasteiger partial charge is 0.478 e. The van der Waals surface area contributed by atoms with Gasteiger partial charge in [0.15, 0.2) is 5.70 Å². The molecule has 0 unspecified atom stereocenters. The van der Waals surface area contributed by atoms with Crippen molar-refractivity contribution in [1.29, 1.82) is 0 Å². The van der Waals surface area contributed by atoms with Gasteiger partial charge in [-0.1, -0.05) is 6.92 Å². The highest BCUT2D eigenvalue weighted by molar-refractivity contribution is 6.18. The molecule has 2 rings (SSSR count). The molecular formula is C11H15N4O. The molecule has 0 saturated heterocycles. The predicted molar refractivity (Wildman–Crippen MR) is 61.8 cm³/mol. The first-order valence-corrected chi connectivity index (χ1v) is 5.27. The van der Waals surface area contributed by atoms with Gasteiger partial charge in [-0.15, -0.1) is 10.5 Å². The van der Waals surface area contributed by atoms with Crippen LogP contribution in [0.5, 0.6) is 0 Å². The lowest BCUT2D eigenvalue weighted by Crippen LogP contribution is -2.10. The Morgan fingerprint density at radius 2 is 2.12 bits per heavy atom. The van der Waals surface area contributed by atoms with Crippen LogP contribution in [0, 0.1) is 6.92 Å². The zero-order valence-corrected chi connectivity index (χ0v) is 9.98. The van der Waals surface area contributed by atoms with Crippen LogP contribution in [-0.2, 0) is 11.2 Å². The predicted octanol–water partition coefficient (Wildman–Crippen LogP) is 1.52. The topological polar surface area (TPSA) is 53.5 Å². The van der Waals surface area contributed by atoms with Crippen LogP contribution in [0.1, 0.15) is 25.2 Å². The monoisotopic (exact) mass is 219 g/mol. The highest BCUT2D eigenvalue weighted by Crippen LogP contribution is 2.20. The van der Waals surface area contributed by atoms with Gasteiger partial charge >= 0.3 is 0 Å². The number of hydrogen-bond acceptors (Lipinski definition) is 3. The first-order chi connectivity index (χ1) is 7.67. The summed E-state index contributed by atoms with van der Waals surface area (Å²) in [6, 6.07) is 2.06. The molecule has 1 aromatic heterocycles. The van der Waals surface area contributed by atoms with Gasteiger partial charge < -0.3 is 4.74 Å². The van der Waals surface area contributed by atoms with Crippen LogP contribution in [0.4, 0.5) is 0 Å². The number of methoxy groups -OCH3 is 1. The summed E-state index contributed by atoms with van der Waals surface area (Å²) in [5.41, 5.74) is 7.73. The Balaban J connectivity index is 2.50. The molecule has 0 aliphatic carbocycles. The molecule has 2 heterocycles. The van der Waals surface area contributed by atoms with Gasteiger partial charge in [0.2, 0.25) is 0 Å². The third-order valence-corrected chi connectivity index (χ3v) is 2.54. The average molecular weight is 219 g/mol. The second-order valence-electron chi connectivity index (χ2n) is 3.69. The van der Waals surface area contributed by atoms with Crippen LogP contribution in [0.15, 0.2) is 17.1 Å². The van der Waals surface area contributed by atoms with Crippen molar-refractivity contribution in [3.8, 4) is 0 Å². The van der Waals surface area contributed by atoms with Crippen molar-refractivity contribution in [1.82, 2.24) is 15.2 Å². The van der Waals surface area contributed by atoms with Crippen molar-refractivity contribution in [2.75, 3.05) is 7.11 Å². The number of aromatic nitrogens is 2. The van der Waals surface area contributed by atoms with Gasteiger partial charge in [-0.25, -0.2) is 4.68 Å². The van der Waals surface area contributed by atoms with Crippen molar-refractivity contribution in [3.63, 3.8) is 0 Å². The summed E-state index contributed by atoms with van der Waals surface area (Å²) in [7, 11) is 1.59. The van der Waals surface area contributed by atoms with Crippen molar-refractivity contribution in [3.05, 3.63) is 23.3 Å². The lowest BCUT2D eigenvalue weighted by Gasteiger charge is -2.06. The molecule has 0 saturated carbocycles. The van der Waals surface area contributed by atoms with E-state index in [9.17, 15) is 0 Å². The van der Waals surface area contributed by atoms with E-state index in [0.717, 1.165) is 29.2 Å². The molecule has 16 heavy (non-hydrogen) atoms. The Hall–Kier alpha value is -1.78. The third kappa shape index (κ3) is 1.58. The SMILES string of the molecule is CCc1cc(C)n(C2=C(OC)[N]N=C2C)n1. The van der Waals surface area contributed by atoms with Crippen LogP contribution in [0.3, 0.4) is 0 Å². The minimum Gasteiger partial charge on any atom is -0.478 e. The van der Waals surface area contributed by atoms with E-state index in [1.165, 1.54) is 0 Å². The van der Waals surface area contributed by atoms with Crippen molar-refractivity contribution < 1.29 is 4.74 Å². The number of rotatable bonds is 3. The highest BCUT2D eigenvalue weighted by atomic mass is 16.5. The van der Waals surface area contributed by atoms with Gasteiger partial charge in [-0.3, -0.25) is 0 Å². The lowest BCUT2D eigenvalue weighted by molar-refractivity contribution is 0.265. The van der Waals surface area contributed by atoms with Crippen molar-refractivity contribution in [2.45, 2.75) is 27.2 Å². The summed E-state index contributed by atoms with van der Waals surface area (Å²) in [4.78, 5) is 0. The average Bonchev–Trinajstić information content (AvgIpc) is 2.81. The fourth-order valence-corrected chi connectivity index (χ4v) is 1.69. The van der Waals surface area contributed by atoms with E-state index in [1.54, 1.807) is 7.11 Å². The first-order valence-electron chi connectivity index (χ1n) is 5.27. The van der Waals surface area contributed by atoms with Gasteiger partial charge in [0.1, 0.15) is 0 Å². The first kappa shape index (κ1) is 10.7. The van der Waals surface area contributed by atoms with Gasteiger partial charge in [0.25, 0.3) is 5.88 Å². The van der Waals surface area contributed by atoms with Gasteiger partial charge in [-0.05, 0) is 26.3 Å². The fraction of sp³-hybridized carbons (Fsp3) is 0.455. The van der Waals surface area contributed by atoms with E-state index in [2.05, 4.69) is 28.6 Å². The summed E-state index contributed by atoms with van der Waals surface area (Å²) >= 11 is 0. The number of nitrogens with zero attached hydrogens (tertiary/aromatic N) is 4. The third-order valence-electron chi connectivity index (χ3n) is 2.54. The summed E-state index contributed by atoms with van der Waals surface area (Å²) in [5.74, 6) is 0.520. The molecule has 5 heteroatoms. The summed E-state index contributed by atoms with van der Waals surface area (Å²) in [5, 5.41) is 8.50. The van der Waals surface area contributed by atoms with Crippen LogP contribution >= 0.6 is 0 Å². The Morgan fingerprint density at radius 1 is 1.38 bits per heavy atom. The molecule has 0 amide bonds. The summed E-state index contributed by atoms with van der Waals surface area (Å²) < 4.78 is 7.02. The van der Waals surface area contributed by atoms with E-state index in [-0.39, 0.29) is 0 Å². The Bertz CT molecular complexity index is 470. The van der Waals surface area contributed by atoms with Gasteiger partial charge in [-0.2, -0.15) is 5.10 Å². The van der Waals surface area contributed by atoms with Crippen LogP contribution in [0.25, 0.3) is 5.70 Å². The van der Waals surface area contributed by atoms with Crippen LogP contribution < -0.4 is 5.43 Å². The molecule has 0 bridgehead atoms. The smallest absolute Gasteiger partial charge is 0.261 e. The minimum atomic E-state index is 0.520. The van der Waals surface area contributed by atoms with E-state index >= 15 is 0 Å². The Labute approximate surface area is 94.8 Å². The van der Waals surface area contributed by atoms with Gasteiger partial charge in [0.05, 0.1) is 18.5 Å². The Kier molecular flexibility index (Phi) is 2.68. The molecule has 0 atom stereocenters. The van der Waals surface area contributed by atoms with E-state index < -0.39 is 0 Å². The zero-order chi connectivity index (χ0) is 11.7. The highest BCUT2D eigenvalue weighted by Gasteiger charge is 2.23.